The molecular weight excluding hydrogens is 212 g/mol. The Morgan fingerprint density at radius 1 is 1.47 bits per heavy atom. The van der Waals surface area contributed by atoms with Crippen molar-refractivity contribution in [2.45, 2.75) is 32.1 Å². The first-order valence-electron chi connectivity index (χ1n) is 5.60. The smallest absolute Gasteiger partial charge is 0.153 e. The normalized spacial score (nSPS) is 24.7. The van der Waals surface area contributed by atoms with Gasteiger partial charge in [-0.3, -0.25) is 4.90 Å². The summed E-state index contributed by atoms with van der Waals surface area (Å²) >= 11 is 0. The molecule has 15 heavy (non-hydrogen) atoms. The van der Waals surface area contributed by atoms with E-state index in [1.54, 1.807) is 13.8 Å². The Balaban J connectivity index is 2.42. The van der Waals surface area contributed by atoms with Crippen LogP contribution in [0.25, 0.3) is 0 Å². The summed E-state index contributed by atoms with van der Waals surface area (Å²) in [6.45, 7) is 9.17. The van der Waals surface area contributed by atoms with Crippen LogP contribution in [0.1, 0.15) is 20.8 Å². The Morgan fingerprint density at radius 3 is 2.67 bits per heavy atom. The second-order valence-corrected chi connectivity index (χ2v) is 7.18. The van der Waals surface area contributed by atoms with Crippen LogP contribution in [0, 0.1) is 0 Å². The summed E-state index contributed by atoms with van der Waals surface area (Å²) in [5.74, 6) is 0.287. The lowest BCUT2D eigenvalue weighted by atomic mass is 10.2. The van der Waals surface area contributed by atoms with Crippen LogP contribution < -0.4 is 5.32 Å². The second kappa shape index (κ2) is 5.27. The molecule has 0 amide bonds. The fourth-order valence-corrected chi connectivity index (χ4v) is 2.66. The highest BCUT2D eigenvalue weighted by Gasteiger charge is 2.22. The maximum Gasteiger partial charge on any atom is 0.153 e. The van der Waals surface area contributed by atoms with E-state index in [0.29, 0.717) is 12.6 Å². The van der Waals surface area contributed by atoms with Crippen molar-refractivity contribution in [3.8, 4) is 0 Å². The highest BCUT2D eigenvalue weighted by molar-refractivity contribution is 7.92. The summed E-state index contributed by atoms with van der Waals surface area (Å²) < 4.78 is 23.3. The van der Waals surface area contributed by atoms with Crippen LogP contribution in [0.4, 0.5) is 0 Å². The first-order valence-corrected chi connectivity index (χ1v) is 7.31. The van der Waals surface area contributed by atoms with Crippen molar-refractivity contribution in [1.82, 2.24) is 10.2 Å². The van der Waals surface area contributed by atoms with Crippen molar-refractivity contribution in [2.75, 3.05) is 31.9 Å². The van der Waals surface area contributed by atoms with Gasteiger partial charge in [-0.2, -0.15) is 0 Å². The van der Waals surface area contributed by atoms with Gasteiger partial charge in [0, 0.05) is 32.2 Å². The van der Waals surface area contributed by atoms with Gasteiger partial charge >= 0.3 is 0 Å². The lowest BCUT2D eigenvalue weighted by Gasteiger charge is -2.33. The van der Waals surface area contributed by atoms with Crippen molar-refractivity contribution in [2.24, 2.45) is 0 Å². The largest absolute Gasteiger partial charge is 0.314 e. The summed E-state index contributed by atoms with van der Waals surface area (Å²) in [6, 6.07) is 0.445. The Morgan fingerprint density at radius 2 is 2.13 bits per heavy atom. The van der Waals surface area contributed by atoms with E-state index in [2.05, 4.69) is 17.1 Å². The third-order valence-corrected chi connectivity index (χ3v) is 5.21. The van der Waals surface area contributed by atoms with Crippen LogP contribution in [0.2, 0.25) is 0 Å². The number of piperazine rings is 1. The highest BCUT2D eigenvalue weighted by atomic mass is 32.2. The second-order valence-electron chi connectivity index (χ2n) is 4.50. The molecule has 1 fully saturated rings. The van der Waals surface area contributed by atoms with Gasteiger partial charge in [0.05, 0.1) is 11.0 Å². The van der Waals surface area contributed by atoms with Gasteiger partial charge in [-0.25, -0.2) is 8.42 Å². The number of nitrogens with zero attached hydrogens (tertiary/aromatic N) is 1. The summed E-state index contributed by atoms with van der Waals surface area (Å²) in [5, 5.41) is 3.04. The molecule has 0 spiro atoms. The summed E-state index contributed by atoms with van der Waals surface area (Å²) in [7, 11) is -2.88. The van der Waals surface area contributed by atoms with Crippen molar-refractivity contribution < 1.29 is 8.42 Å². The van der Waals surface area contributed by atoms with Gasteiger partial charge in [-0.1, -0.05) is 0 Å². The fraction of sp³-hybridized carbons (Fsp3) is 1.00. The van der Waals surface area contributed by atoms with Crippen molar-refractivity contribution in [3.63, 3.8) is 0 Å². The quantitative estimate of drug-likeness (QED) is 0.750. The van der Waals surface area contributed by atoms with Gasteiger partial charge in [0.2, 0.25) is 0 Å². The molecule has 4 nitrogen and oxygen atoms in total. The Hall–Kier alpha value is -0.130. The van der Waals surface area contributed by atoms with Crippen LogP contribution in [-0.4, -0.2) is 56.5 Å². The van der Waals surface area contributed by atoms with Gasteiger partial charge in [-0.05, 0) is 20.8 Å². The first-order chi connectivity index (χ1) is 6.93. The molecular formula is C10H22N2O2S. The summed E-state index contributed by atoms with van der Waals surface area (Å²) in [5.41, 5.74) is 0. The lowest BCUT2D eigenvalue weighted by Crippen LogP contribution is -2.51. The number of hydrogen-bond acceptors (Lipinski definition) is 4. The molecule has 0 aromatic carbocycles. The van der Waals surface area contributed by atoms with Crippen LogP contribution in [0.15, 0.2) is 0 Å². The van der Waals surface area contributed by atoms with Crippen LogP contribution in [0.5, 0.6) is 0 Å². The molecule has 0 aliphatic carbocycles. The Labute approximate surface area is 93.0 Å². The number of nitrogens with one attached hydrogen (secondary N) is 1. The summed E-state index contributed by atoms with van der Waals surface area (Å²) in [6.07, 6.45) is 0. The van der Waals surface area contributed by atoms with E-state index in [0.717, 1.165) is 19.6 Å². The van der Waals surface area contributed by atoms with Crippen molar-refractivity contribution in [1.29, 1.82) is 0 Å². The van der Waals surface area contributed by atoms with Crippen LogP contribution in [0.3, 0.4) is 0 Å². The van der Waals surface area contributed by atoms with Crippen molar-refractivity contribution in [3.05, 3.63) is 0 Å². The molecule has 0 aromatic heterocycles. The molecule has 1 aliphatic rings. The van der Waals surface area contributed by atoms with E-state index in [1.807, 2.05) is 0 Å². The van der Waals surface area contributed by atoms with E-state index in [1.165, 1.54) is 0 Å². The molecule has 1 rings (SSSR count). The third kappa shape index (κ3) is 3.74. The number of hydrogen-bond donors (Lipinski definition) is 1. The fourth-order valence-electron chi connectivity index (χ4n) is 1.70. The molecule has 0 radical (unpaired) electrons. The lowest BCUT2D eigenvalue weighted by molar-refractivity contribution is 0.184. The molecule has 5 heteroatoms. The minimum atomic E-state index is -2.88. The maximum absolute atomic E-state index is 11.6. The molecule has 1 aliphatic heterocycles. The monoisotopic (exact) mass is 234 g/mol. The third-order valence-electron chi connectivity index (χ3n) is 3.02. The molecule has 1 atom stereocenters. The van der Waals surface area contributed by atoms with Crippen LogP contribution in [-0.2, 0) is 9.84 Å². The van der Waals surface area contributed by atoms with E-state index < -0.39 is 9.84 Å². The molecule has 0 bridgehead atoms. The van der Waals surface area contributed by atoms with Gasteiger partial charge < -0.3 is 5.32 Å². The zero-order valence-corrected chi connectivity index (χ0v) is 10.7. The Kier molecular flexibility index (Phi) is 4.55. The number of rotatable bonds is 4. The van der Waals surface area contributed by atoms with Gasteiger partial charge in [0.15, 0.2) is 9.84 Å². The van der Waals surface area contributed by atoms with Gasteiger partial charge in [0.1, 0.15) is 0 Å². The summed E-state index contributed by atoms with van der Waals surface area (Å²) in [4.78, 5) is 2.25. The zero-order chi connectivity index (χ0) is 11.5. The predicted molar refractivity (Wildman–Crippen MR) is 62.8 cm³/mol. The van der Waals surface area contributed by atoms with Gasteiger partial charge in [-0.15, -0.1) is 0 Å². The minimum absolute atomic E-state index is 0.254. The van der Waals surface area contributed by atoms with E-state index >= 15 is 0 Å². The first kappa shape index (κ1) is 12.9. The molecule has 1 N–H and O–H groups in total. The molecule has 0 unspecified atom stereocenters. The molecule has 1 heterocycles. The molecule has 0 aromatic rings. The van der Waals surface area contributed by atoms with Crippen molar-refractivity contribution >= 4 is 9.84 Å². The average Bonchev–Trinajstić information content (AvgIpc) is 2.16. The van der Waals surface area contributed by atoms with Crippen LogP contribution >= 0.6 is 0 Å². The molecule has 0 saturated carbocycles. The predicted octanol–water partition coefficient (Wildman–Crippen LogP) is 0.103. The SMILES string of the molecule is CC(C)S(=O)(=O)CCN1CCNC[C@H]1C. The van der Waals surface area contributed by atoms with E-state index in [9.17, 15) is 8.42 Å². The van der Waals surface area contributed by atoms with Gasteiger partial charge in [0.25, 0.3) is 0 Å². The maximum atomic E-state index is 11.6. The Bertz CT molecular complexity index is 288. The number of sulfone groups is 1. The molecule has 90 valence electrons. The topological polar surface area (TPSA) is 49.4 Å². The standard InChI is InChI=1S/C10H22N2O2S/c1-9(2)15(13,14)7-6-12-5-4-11-8-10(12)3/h9-11H,4-8H2,1-3H3/t10-/m1/s1. The minimum Gasteiger partial charge on any atom is -0.314 e. The average molecular weight is 234 g/mol. The van der Waals surface area contributed by atoms with E-state index in [-0.39, 0.29) is 11.0 Å². The van der Waals surface area contributed by atoms with E-state index in [4.69, 9.17) is 0 Å². The zero-order valence-electron chi connectivity index (χ0n) is 9.86. The highest BCUT2D eigenvalue weighted by Crippen LogP contribution is 2.06. The molecule has 1 saturated heterocycles.